The van der Waals surface area contributed by atoms with E-state index in [0.29, 0.717) is 11.9 Å². The van der Waals surface area contributed by atoms with E-state index in [1.807, 2.05) is 37.1 Å². The number of rotatable bonds is 5. The average Bonchev–Trinajstić information content (AvgIpc) is 2.69. The molecular weight excluding hydrogens is 386 g/mol. The summed E-state index contributed by atoms with van der Waals surface area (Å²) in [6, 6.07) is 16.9. The van der Waals surface area contributed by atoms with Gasteiger partial charge in [0.1, 0.15) is 5.84 Å². The van der Waals surface area contributed by atoms with Crippen molar-refractivity contribution in [2.45, 2.75) is 63.4 Å². The Bertz CT molecular complexity index is 862. The highest BCUT2D eigenvalue weighted by molar-refractivity contribution is 7.85. The lowest BCUT2D eigenvalue weighted by Crippen LogP contribution is -2.47. The van der Waals surface area contributed by atoms with Gasteiger partial charge in [-0.3, -0.25) is 15.0 Å². The van der Waals surface area contributed by atoms with Crippen LogP contribution in [0.3, 0.4) is 0 Å². The van der Waals surface area contributed by atoms with E-state index in [9.17, 15) is 8.42 Å². The third-order valence-corrected chi connectivity index (χ3v) is 5.72. The summed E-state index contributed by atoms with van der Waals surface area (Å²) in [6.45, 7) is 4.46. The molecule has 0 saturated heterocycles. The molecule has 0 atom stereocenters. The van der Waals surface area contributed by atoms with Gasteiger partial charge in [-0.2, -0.15) is 8.42 Å². The summed E-state index contributed by atoms with van der Waals surface area (Å²) < 4.78 is 29.6. The van der Waals surface area contributed by atoms with E-state index in [0.717, 1.165) is 12.1 Å². The predicted octanol–water partition coefficient (Wildman–Crippen LogP) is 4.56. The average molecular weight is 418 g/mol. The van der Waals surface area contributed by atoms with Gasteiger partial charge in [-0.15, -0.1) is 0 Å². The van der Waals surface area contributed by atoms with Crippen molar-refractivity contribution in [2.75, 3.05) is 0 Å². The van der Waals surface area contributed by atoms with Crippen molar-refractivity contribution in [1.29, 1.82) is 5.41 Å². The summed E-state index contributed by atoms with van der Waals surface area (Å²) in [5, 5.41) is 9.86. The monoisotopic (exact) mass is 417 g/mol. The smallest absolute Gasteiger partial charge is 0.292 e. The second kappa shape index (κ2) is 11.1. The second-order valence-electron chi connectivity index (χ2n) is 7.41. The van der Waals surface area contributed by atoms with Crippen LogP contribution in [0.2, 0.25) is 0 Å². The molecule has 2 aromatic rings. The Morgan fingerprint density at radius 2 is 1.66 bits per heavy atom. The first-order chi connectivity index (χ1) is 13.8. The molecule has 29 heavy (non-hydrogen) atoms. The molecule has 0 bridgehead atoms. The quantitative estimate of drug-likeness (QED) is 0.287. The number of nitrogens with zero attached hydrogens (tertiary/aromatic N) is 1. The van der Waals surface area contributed by atoms with Gasteiger partial charge >= 0.3 is 0 Å². The van der Waals surface area contributed by atoms with Gasteiger partial charge in [-0.25, -0.2) is 5.43 Å². The molecule has 0 spiro atoms. The highest BCUT2D eigenvalue weighted by Gasteiger charge is 2.16. The van der Waals surface area contributed by atoms with Gasteiger partial charge in [0.2, 0.25) is 0 Å². The fourth-order valence-corrected chi connectivity index (χ4v) is 3.67. The molecule has 0 unspecified atom stereocenters. The number of amidine groups is 1. The SMILES string of the molecule is CC(=N)N(Cc1ccccc1)NC1CCCCC1.Cc1ccc(S(=O)(=O)O)cc1. The van der Waals surface area contributed by atoms with Gasteiger partial charge < -0.3 is 0 Å². The van der Waals surface area contributed by atoms with E-state index < -0.39 is 10.1 Å². The topological polar surface area (TPSA) is 93.5 Å². The molecule has 1 aliphatic rings. The normalized spacial score (nSPS) is 14.6. The van der Waals surface area contributed by atoms with E-state index >= 15 is 0 Å². The molecular formula is C22H31N3O3S. The summed E-state index contributed by atoms with van der Waals surface area (Å²) in [4.78, 5) is -0.0666. The minimum absolute atomic E-state index is 0.0666. The number of hydrazine groups is 1. The molecule has 1 saturated carbocycles. The Kier molecular flexibility index (Phi) is 8.82. The van der Waals surface area contributed by atoms with Gasteiger partial charge in [-0.1, -0.05) is 67.3 Å². The van der Waals surface area contributed by atoms with Crippen molar-refractivity contribution in [3.63, 3.8) is 0 Å². The Hall–Kier alpha value is -2.22. The van der Waals surface area contributed by atoms with Crippen LogP contribution in [-0.4, -0.2) is 29.9 Å². The molecule has 158 valence electrons. The number of benzene rings is 2. The maximum absolute atomic E-state index is 10.5. The Balaban J connectivity index is 0.000000234. The molecule has 0 heterocycles. The zero-order chi connectivity index (χ0) is 21.3. The highest BCUT2D eigenvalue weighted by atomic mass is 32.2. The Labute approximate surface area is 174 Å². The van der Waals surface area contributed by atoms with E-state index in [2.05, 4.69) is 17.6 Å². The molecule has 6 nitrogen and oxygen atoms in total. The third kappa shape index (κ3) is 8.35. The third-order valence-electron chi connectivity index (χ3n) is 4.85. The molecule has 1 aliphatic carbocycles. The first-order valence-electron chi connectivity index (χ1n) is 9.92. The van der Waals surface area contributed by atoms with Gasteiger partial charge in [0.05, 0.1) is 11.4 Å². The van der Waals surface area contributed by atoms with Crippen LogP contribution in [0.4, 0.5) is 0 Å². The summed E-state index contributed by atoms with van der Waals surface area (Å²) >= 11 is 0. The van der Waals surface area contributed by atoms with Crippen LogP contribution in [0.1, 0.15) is 50.2 Å². The van der Waals surface area contributed by atoms with E-state index in [1.54, 1.807) is 12.1 Å². The second-order valence-corrected chi connectivity index (χ2v) is 8.83. The van der Waals surface area contributed by atoms with Gasteiger partial charge in [0.15, 0.2) is 0 Å². The van der Waals surface area contributed by atoms with E-state index in [1.165, 1.54) is 49.8 Å². The number of hydrogen-bond donors (Lipinski definition) is 3. The number of aryl methyl sites for hydroxylation is 1. The molecule has 0 amide bonds. The zero-order valence-electron chi connectivity index (χ0n) is 17.1. The molecule has 3 N–H and O–H groups in total. The molecule has 0 radical (unpaired) electrons. The lowest BCUT2D eigenvalue weighted by Gasteiger charge is -2.32. The molecule has 2 aromatic carbocycles. The standard InChI is InChI=1S/C15H23N3.C7H8O3S/c1-13(16)18(12-14-8-4-2-5-9-14)17-15-10-6-3-7-11-15;1-6-2-4-7(5-3-6)11(8,9)10/h2,4-5,8-9,15-17H,3,6-7,10-12H2,1H3;2-5H,1H3,(H,8,9,10). The predicted molar refractivity (Wildman–Crippen MR) is 116 cm³/mol. The first kappa shape index (κ1) is 23.1. The Morgan fingerprint density at radius 3 is 2.17 bits per heavy atom. The fraction of sp³-hybridized carbons (Fsp3) is 0.409. The van der Waals surface area contributed by atoms with E-state index in [-0.39, 0.29) is 4.90 Å². The summed E-state index contributed by atoms with van der Waals surface area (Å²) in [6.07, 6.45) is 6.46. The van der Waals surface area contributed by atoms with Crippen LogP contribution in [0.15, 0.2) is 59.5 Å². The Morgan fingerprint density at radius 1 is 1.07 bits per heavy atom. The fourth-order valence-electron chi connectivity index (χ4n) is 3.19. The van der Waals surface area contributed by atoms with Crippen molar-refractivity contribution in [3.8, 4) is 0 Å². The number of nitrogens with one attached hydrogen (secondary N) is 2. The van der Waals surface area contributed by atoms with Crippen LogP contribution in [-0.2, 0) is 16.7 Å². The minimum Gasteiger partial charge on any atom is -0.292 e. The van der Waals surface area contributed by atoms with Crippen LogP contribution in [0.25, 0.3) is 0 Å². The van der Waals surface area contributed by atoms with Crippen LogP contribution in [0.5, 0.6) is 0 Å². The van der Waals surface area contributed by atoms with Gasteiger partial charge in [0.25, 0.3) is 10.1 Å². The van der Waals surface area contributed by atoms with Crippen LogP contribution < -0.4 is 5.43 Å². The maximum Gasteiger partial charge on any atom is 0.294 e. The van der Waals surface area contributed by atoms with Crippen molar-refractivity contribution < 1.29 is 13.0 Å². The van der Waals surface area contributed by atoms with Crippen molar-refractivity contribution in [1.82, 2.24) is 10.4 Å². The summed E-state index contributed by atoms with van der Waals surface area (Å²) in [5.41, 5.74) is 5.71. The number of hydrogen-bond acceptors (Lipinski definition) is 4. The van der Waals surface area contributed by atoms with Crippen LogP contribution >= 0.6 is 0 Å². The van der Waals surface area contributed by atoms with Crippen LogP contribution in [0, 0.1) is 12.3 Å². The van der Waals surface area contributed by atoms with Crippen molar-refractivity contribution >= 4 is 16.0 Å². The first-order valence-corrected chi connectivity index (χ1v) is 11.4. The molecule has 1 fully saturated rings. The van der Waals surface area contributed by atoms with Crippen molar-refractivity contribution in [2.24, 2.45) is 0 Å². The lowest BCUT2D eigenvalue weighted by molar-refractivity contribution is 0.214. The van der Waals surface area contributed by atoms with Crippen molar-refractivity contribution in [3.05, 3.63) is 65.7 Å². The summed E-state index contributed by atoms with van der Waals surface area (Å²) in [7, 11) is -4.02. The summed E-state index contributed by atoms with van der Waals surface area (Å²) in [5.74, 6) is 0.587. The van der Waals surface area contributed by atoms with Gasteiger partial charge in [0, 0.05) is 6.04 Å². The molecule has 0 aliphatic heterocycles. The minimum atomic E-state index is -4.02. The molecule has 3 rings (SSSR count). The zero-order valence-corrected chi connectivity index (χ0v) is 18.0. The lowest BCUT2D eigenvalue weighted by atomic mass is 9.96. The maximum atomic E-state index is 10.5. The van der Waals surface area contributed by atoms with Gasteiger partial charge in [-0.05, 0) is 44.4 Å². The largest absolute Gasteiger partial charge is 0.294 e. The molecule has 7 heteroatoms. The molecule has 0 aromatic heterocycles. The van der Waals surface area contributed by atoms with E-state index in [4.69, 9.17) is 9.96 Å². The highest BCUT2D eigenvalue weighted by Crippen LogP contribution is 2.18.